The van der Waals surface area contributed by atoms with Crippen molar-refractivity contribution in [2.24, 2.45) is 5.73 Å². The molecule has 6 nitrogen and oxygen atoms in total. The molecule has 10 heteroatoms. The number of ketones is 1. The molecule has 0 bridgehead atoms. The number of halogens is 2. The molecule has 2 aromatic rings. The summed E-state index contributed by atoms with van der Waals surface area (Å²) in [5.41, 5.74) is 8.00. The first kappa shape index (κ1) is 22.0. The predicted molar refractivity (Wildman–Crippen MR) is 123 cm³/mol. The van der Waals surface area contributed by atoms with E-state index in [9.17, 15) is 14.4 Å². The van der Waals surface area contributed by atoms with Gasteiger partial charge in [-0.15, -0.1) is 10.2 Å². The van der Waals surface area contributed by atoms with Crippen molar-refractivity contribution in [1.82, 2.24) is 10.2 Å². The Bertz CT molecular complexity index is 1150. The van der Waals surface area contributed by atoms with Crippen LogP contribution < -0.4 is 10.6 Å². The van der Waals surface area contributed by atoms with E-state index in [4.69, 9.17) is 5.73 Å². The molecule has 0 radical (unpaired) electrons. The summed E-state index contributed by atoms with van der Waals surface area (Å²) in [5, 5.41) is 19.0. The van der Waals surface area contributed by atoms with Gasteiger partial charge in [-0.05, 0) is 31.4 Å². The van der Waals surface area contributed by atoms with E-state index >= 15 is 0 Å². The van der Waals surface area contributed by atoms with Crippen LogP contribution >= 0.6 is 39.0 Å². The van der Waals surface area contributed by atoms with Crippen LogP contribution in [-0.2, 0) is 4.79 Å². The third-order valence-corrected chi connectivity index (χ3v) is 7.94. The zero-order chi connectivity index (χ0) is 22.1. The summed E-state index contributed by atoms with van der Waals surface area (Å²) in [7, 11) is 0. The van der Waals surface area contributed by atoms with E-state index in [2.05, 4.69) is 39.1 Å². The van der Waals surface area contributed by atoms with Crippen LogP contribution in [-0.4, -0.2) is 21.7 Å². The smallest absolute Gasteiger partial charge is 0.219 e. The number of aromatic nitrogens is 2. The Hall–Kier alpha value is -2.22. The summed E-state index contributed by atoms with van der Waals surface area (Å²) in [6.45, 7) is 2.09. The van der Waals surface area contributed by atoms with Gasteiger partial charge in [0.05, 0.1) is 17.6 Å². The highest BCUT2D eigenvalue weighted by molar-refractivity contribution is 9.10. The van der Waals surface area contributed by atoms with Gasteiger partial charge >= 0.3 is 0 Å². The minimum absolute atomic E-state index is 0.0936. The number of benzene rings is 1. The van der Waals surface area contributed by atoms with Crippen LogP contribution in [0.2, 0.25) is 0 Å². The fraction of sp³-hybridized carbons (Fsp3) is 0.333. The summed E-state index contributed by atoms with van der Waals surface area (Å²) in [6, 6.07) is 6.77. The summed E-state index contributed by atoms with van der Waals surface area (Å²) >= 11 is 6.24. The number of hydrogen-bond donors (Lipinski definition) is 1. The topological polar surface area (TPSA) is 95.9 Å². The van der Waals surface area contributed by atoms with E-state index in [1.807, 2.05) is 0 Å². The predicted octanol–water partition coefficient (Wildman–Crippen LogP) is 5.25. The molecule has 2 N–H and O–H groups in total. The molecule has 1 aromatic heterocycles. The SMILES string of the molecule is CCCSc1nnc(N2C(N)=C(C#N)C(c3ccc(Br)cc3F)C3=C2CCCC3=O)s1. The molecular formula is C21H19BrFN5OS2. The van der Waals surface area contributed by atoms with E-state index in [1.165, 1.54) is 17.4 Å². The highest BCUT2D eigenvalue weighted by atomic mass is 79.9. The molecule has 1 atom stereocenters. The number of hydrogen-bond acceptors (Lipinski definition) is 8. The van der Waals surface area contributed by atoms with Gasteiger partial charge in [0.25, 0.3) is 0 Å². The molecule has 2 heterocycles. The number of thioether (sulfide) groups is 1. The molecule has 0 fully saturated rings. The van der Waals surface area contributed by atoms with Gasteiger partial charge in [0.1, 0.15) is 11.6 Å². The lowest BCUT2D eigenvalue weighted by Gasteiger charge is -2.38. The van der Waals surface area contributed by atoms with Crippen LogP contribution in [0, 0.1) is 17.1 Å². The quantitative estimate of drug-likeness (QED) is 0.539. The average Bonchev–Trinajstić information content (AvgIpc) is 3.20. The third-order valence-electron chi connectivity index (χ3n) is 5.20. The van der Waals surface area contributed by atoms with E-state index in [0.29, 0.717) is 40.1 Å². The molecule has 2 aliphatic rings. The molecule has 1 aliphatic carbocycles. The molecule has 1 unspecified atom stereocenters. The normalized spacial score (nSPS) is 19.0. The Kier molecular flexibility index (Phi) is 6.46. The first-order chi connectivity index (χ1) is 15.0. The molecule has 31 heavy (non-hydrogen) atoms. The molecule has 0 saturated carbocycles. The summed E-state index contributed by atoms with van der Waals surface area (Å²) < 4.78 is 16.3. The van der Waals surface area contributed by atoms with Crippen LogP contribution in [0.15, 0.2) is 49.7 Å². The van der Waals surface area contributed by atoms with Gasteiger partial charge in [-0.2, -0.15) is 5.26 Å². The van der Waals surface area contributed by atoms with Gasteiger partial charge in [-0.25, -0.2) is 4.39 Å². The Balaban J connectivity index is 1.88. The Labute approximate surface area is 196 Å². The molecular weight excluding hydrogens is 501 g/mol. The number of nitrogens with two attached hydrogens (primary N) is 1. The fourth-order valence-electron chi connectivity index (χ4n) is 3.89. The second-order valence-electron chi connectivity index (χ2n) is 7.18. The first-order valence-corrected chi connectivity index (χ1v) is 12.4. The van der Waals surface area contributed by atoms with Crippen molar-refractivity contribution in [3.8, 4) is 6.07 Å². The Morgan fingerprint density at radius 1 is 1.42 bits per heavy atom. The molecule has 0 saturated heterocycles. The van der Waals surface area contributed by atoms with E-state index in [1.54, 1.807) is 28.8 Å². The zero-order valence-corrected chi connectivity index (χ0v) is 19.9. The van der Waals surface area contributed by atoms with Crippen LogP contribution in [0.1, 0.15) is 44.1 Å². The number of nitrogens with zero attached hydrogens (tertiary/aromatic N) is 4. The summed E-state index contributed by atoms with van der Waals surface area (Å²) in [5.74, 6) is -0.331. The highest BCUT2D eigenvalue weighted by Gasteiger charge is 2.42. The molecule has 4 rings (SSSR count). The summed E-state index contributed by atoms with van der Waals surface area (Å²) in [4.78, 5) is 14.7. The minimum Gasteiger partial charge on any atom is -0.384 e. The lowest BCUT2D eigenvalue weighted by atomic mass is 9.75. The maximum Gasteiger partial charge on any atom is 0.219 e. The molecule has 0 amide bonds. The van der Waals surface area contributed by atoms with E-state index in [0.717, 1.165) is 16.5 Å². The number of carbonyl (C=O) groups is 1. The number of rotatable bonds is 5. The molecule has 160 valence electrons. The van der Waals surface area contributed by atoms with Gasteiger partial charge < -0.3 is 5.73 Å². The van der Waals surface area contributed by atoms with Crippen molar-refractivity contribution < 1.29 is 9.18 Å². The van der Waals surface area contributed by atoms with Crippen molar-refractivity contribution in [3.63, 3.8) is 0 Å². The van der Waals surface area contributed by atoms with Crippen molar-refractivity contribution in [2.45, 2.75) is 42.9 Å². The van der Waals surface area contributed by atoms with Crippen molar-refractivity contribution >= 4 is 49.9 Å². The molecule has 1 aliphatic heterocycles. The second kappa shape index (κ2) is 9.10. The van der Waals surface area contributed by atoms with Gasteiger partial charge in [0.15, 0.2) is 10.1 Å². The Morgan fingerprint density at radius 2 is 2.23 bits per heavy atom. The van der Waals surface area contributed by atoms with Crippen LogP contribution in [0.4, 0.5) is 9.52 Å². The molecule has 0 spiro atoms. The fourth-order valence-corrected chi connectivity index (χ4v) is 6.03. The maximum absolute atomic E-state index is 14.9. The largest absolute Gasteiger partial charge is 0.384 e. The summed E-state index contributed by atoms with van der Waals surface area (Å²) in [6.07, 6.45) is 2.61. The van der Waals surface area contributed by atoms with E-state index < -0.39 is 11.7 Å². The van der Waals surface area contributed by atoms with E-state index in [-0.39, 0.29) is 22.7 Å². The third kappa shape index (κ3) is 4.02. The van der Waals surface area contributed by atoms with Crippen LogP contribution in [0.5, 0.6) is 0 Å². The van der Waals surface area contributed by atoms with Gasteiger partial charge in [0, 0.05) is 33.5 Å². The second-order valence-corrected chi connectivity index (χ2v) is 10.4. The molecule has 1 aromatic carbocycles. The average molecular weight is 520 g/mol. The van der Waals surface area contributed by atoms with Crippen LogP contribution in [0.25, 0.3) is 0 Å². The first-order valence-electron chi connectivity index (χ1n) is 9.83. The van der Waals surface area contributed by atoms with Crippen molar-refractivity contribution in [1.29, 1.82) is 5.26 Å². The van der Waals surface area contributed by atoms with Crippen molar-refractivity contribution in [2.75, 3.05) is 10.7 Å². The van der Waals surface area contributed by atoms with Gasteiger partial charge in [0.2, 0.25) is 5.13 Å². The van der Waals surface area contributed by atoms with Gasteiger partial charge in [-0.3, -0.25) is 9.69 Å². The Morgan fingerprint density at radius 3 is 2.94 bits per heavy atom. The lowest BCUT2D eigenvalue weighted by molar-refractivity contribution is -0.116. The number of anilines is 1. The minimum atomic E-state index is -0.834. The van der Waals surface area contributed by atoms with Crippen LogP contribution in [0.3, 0.4) is 0 Å². The lowest BCUT2D eigenvalue weighted by Crippen LogP contribution is -2.38. The standard InChI is InChI=1S/C21H19BrFN5OS2/c1-2-8-30-21-27-26-20(31-21)28-15-4-3-5-16(29)18(15)17(13(10-24)19(28)25)12-7-6-11(22)9-14(12)23/h6-7,9,17H,2-5,8,25H2,1H3. The zero-order valence-electron chi connectivity index (χ0n) is 16.7. The monoisotopic (exact) mass is 519 g/mol. The van der Waals surface area contributed by atoms with Gasteiger partial charge in [-0.1, -0.05) is 52.0 Å². The van der Waals surface area contributed by atoms with Crippen molar-refractivity contribution in [3.05, 3.63) is 56.7 Å². The number of nitriles is 1. The number of allylic oxidation sites excluding steroid dienone is 3. The number of carbonyl (C=O) groups excluding carboxylic acids is 1. The maximum atomic E-state index is 14.9. The highest BCUT2D eigenvalue weighted by Crippen LogP contribution is 2.47. The number of Topliss-reactive ketones (excluding diaryl/α,β-unsaturated/α-hetero) is 1.